The van der Waals surface area contributed by atoms with Crippen molar-refractivity contribution in [1.29, 1.82) is 0 Å². The molecule has 2 fully saturated rings. The zero-order chi connectivity index (χ0) is 12.6. The number of hydrogen-bond donors (Lipinski definition) is 1. The third-order valence-electron chi connectivity index (χ3n) is 5.00. The van der Waals surface area contributed by atoms with Crippen molar-refractivity contribution in [2.24, 2.45) is 11.8 Å². The molecule has 0 aromatic rings. The Kier molecular flexibility index (Phi) is 6.50. The van der Waals surface area contributed by atoms with Crippen molar-refractivity contribution in [3.63, 3.8) is 0 Å². The SMILES string of the molecule is COCCCCCNC1CCC2CCCCC2C1. The van der Waals surface area contributed by atoms with E-state index in [0.29, 0.717) is 0 Å². The molecule has 0 aliphatic heterocycles. The van der Waals surface area contributed by atoms with E-state index in [1.165, 1.54) is 70.8 Å². The molecular formula is C16H31NO. The molecule has 106 valence electrons. The molecule has 0 spiro atoms. The minimum Gasteiger partial charge on any atom is -0.385 e. The van der Waals surface area contributed by atoms with Crippen LogP contribution in [0, 0.1) is 11.8 Å². The van der Waals surface area contributed by atoms with Crippen molar-refractivity contribution in [3.8, 4) is 0 Å². The molecule has 0 bridgehead atoms. The van der Waals surface area contributed by atoms with Gasteiger partial charge in [0.1, 0.15) is 0 Å². The van der Waals surface area contributed by atoms with Crippen molar-refractivity contribution in [2.45, 2.75) is 70.3 Å². The lowest BCUT2D eigenvalue weighted by atomic mass is 9.69. The minimum absolute atomic E-state index is 0.826. The average Bonchev–Trinajstić information content (AvgIpc) is 2.42. The van der Waals surface area contributed by atoms with Crippen LogP contribution < -0.4 is 5.32 Å². The largest absolute Gasteiger partial charge is 0.385 e. The second-order valence-corrected chi connectivity index (χ2v) is 6.32. The summed E-state index contributed by atoms with van der Waals surface area (Å²) in [6, 6.07) is 0.826. The minimum atomic E-state index is 0.826. The quantitative estimate of drug-likeness (QED) is 0.698. The molecule has 0 heterocycles. The first-order valence-electron chi connectivity index (χ1n) is 8.12. The van der Waals surface area contributed by atoms with Crippen molar-refractivity contribution >= 4 is 0 Å². The smallest absolute Gasteiger partial charge is 0.0462 e. The van der Waals surface area contributed by atoms with E-state index in [-0.39, 0.29) is 0 Å². The number of rotatable bonds is 7. The molecule has 1 N–H and O–H groups in total. The van der Waals surface area contributed by atoms with Gasteiger partial charge >= 0.3 is 0 Å². The standard InChI is InChI=1S/C16H31NO/c1-18-12-6-2-5-11-17-16-10-9-14-7-3-4-8-15(14)13-16/h14-17H,2-13H2,1H3. The molecule has 2 saturated carbocycles. The second kappa shape index (κ2) is 8.16. The Labute approximate surface area is 113 Å². The number of methoxy groups -OCH3 is 1. The van der Waals surface area contributed by atoms with Crippen molar-refractivity contribution in [3.05, 3.63) is 0 Å². The maximum Gasteiger partial charge on any atom is 0.0462 e. The molecule has 0 amide bonds. The van der Waals surface area contributed by atoms with Gasteiger partial charge < -0.3 is 10.1 Å². The fourth-order valence-corrected chi connectivity index (χ4v) is 3.91. The molecule has 18 heavy (non-hydrogen) atoms. The lowest BCUT2D eigenvalue weighted by Crippen LogP contribution is -2.39. The number of fused-ring (bicyclic) bond motifs is 1. The summed E-state index contributed by atoms with van der Waals surface area (Å²) in [6.07, 6.45) is 14.2. The summed E-state index contributed by atoms with van der Waals surface area (Å²) in [5, 5.41) is 3.79. The number of hydrogen-bond acceptors (Lipinski definition) is 2. The van der Waals surface area contributed by atoms with E-state index in [4.69, 9.17) is 4.74 Å². The normalized spacial score (nSPS) is 32.2. The van der Waals surface area contributed by atoms with Crippen LogP contribution in [0.25, 0.3) is 0 Å². The molecule has 3 atom stereocenters. The summed E-state index contributed by atoms with van der Waals surface area (Å²) in [5.41, 5.74) is 0. The van der Waals surface area contributed by atoms with Gasteiger partial charge in [0.05, 0.1) is 0 Å². The van der Waals surface area contributed by atoms with Gasteiger partial charge in [-0.1, -0.05) is 25.7 Å². The van der Waals surface area contributed by atoms with Crippen LogP contribution in [-0.4, -0.2) is 26.3 Å². The fourth-order valence-electron chi connectivity index (χ4n) is 3.91. The van der Waals surface area contributed by atoms with Crippen LogP contribution in [0.3, 0.4) is 0 Å². The van der Waals surface area contributed by atoms with Crippen LogP contribution in [0.1, 0.15) is 64.2 Å². The Morgan fingerprint density at radius 2 is 1.78 bits per heavy atom. The highest BCUT2D eigenvalue weighted by molar-refractivity contribution is 4.86. The fraction of sp³-hybridized carbons (Fsp3) is 1.00. The summed E-state index contributed by atoms with van der Waals surface area (Å²) >= 11 is 0. The second-order valence-electron chi connectivity index (χ2n) is 6.32. The van der Waals surface area contributed by atoms with Crippen LogP contribution in [0.15, 0.2) is 0 Å². The van der Waals surface area contributed by atoms with Crippen LogP contribution in [-0.2, 0) is 4.74 Å². The molecule has 0 aromatic heterocycles. The zero-order valence-corrected chi connectivity index (χ0v) is 12.1. The lowest BCUT2D eigenvalue weighted by Gasteiger charge is -2.39. The van der Waals surface area contributed by atoms with Crippen molar-refractivity contribution in [2.75, 3.05) is 20.3 Å². The molecule has 2 aliphatic rings. The van der Waals surface area contributed by atoms with Gasteiger partial charge in [0.15, 0.2) is 0 Å². The first-order valence-corrected chi connectivity index (χ1v) is 8.12. The summed E-state index contributed by atoms with van der Waals surface area (Å²) < 4.78 is 5.08. The Morgan fingerprint density at radius 1 is 0.944 bits per heavy atom. The Bertz CT molecular complexity index is 219. The summed E-state index contributed by atoms with van der Waals surface area (Å²) in [5.74, 6) is 2.14. The van der Waals surface area contributed by atoms with Gasteiger partial charge in [-0.05, 0) is 56.9 Å². The van der Waals surface area contributed by atoms with E-state index in [0.717, 1.165) is 24.5 Å². The maximum atomic E-state index is 5.08. The van der Waals surface area contributed by atoms with E-state index < -0.39 is 0 Å². The predicted molar refractivity (Wildman–Crippen MR) is 76.8 cm³/mol. The molecule has 0 radical (unpaired) electrons. The van der Waals surface area contributed by atoms with Gasteiger partial charge in [-0.15, -0.1) is 0 Å². The Morgan fingerprint density at radius 3 is 2.61 bits per heavy atom. The van der Waals surface area contributed by atoms with Gasteiger partial charge in [0.2, 0.25) is 0 Å². The Hall–Kier alpha value is -0.0800. The van der Waals surface area contributed by atoms with Gasteiger partial charge in [-0.25, -0.2) is 0 Å². The van der Waals surface area contributed by atoms with E-state index >= 15 is 0 Å². The highest BCUT2D eigenvalue weighted by Gasteiger charge is 2.31. The third-order valence-corrected chi connectivity index (χ3v) is 5.00. The molecule has 3 unspecified atom stereocenters. The molecule has 2 aliphatic carbocycles. The maximum absolute atomic E-state index is 5.08. The highest BCUT2D eigenvalue weighted by atomic mass is 16.5. The summed E-state index contributed by atoms with van der Waals surface area (Å²) in [7, 11) is 1.79. The van der Waals surface area contributed by atoms with Gasteiger partial charge in [0.25, 0.3) is 0 Å². The molecular weight excluding hydrogens is 222 g/mol. The highest BCUT2D eigenvalue weighted by Crippen LogP contribution is 2.40. The first kappa shape index (κ1) is 14.3. The Balaban J connectivity index is 1.54. The average molecular weight is 253 g/mol. The van der Waals surface area contributed by atoms with E-state index in [1.807, 2.05) is 0 Å². The summed E-state index contributed by atoms with van der Waals surface area (Å²) in [6.45, 7) is 2.14. The zero-order valence-electron chi connectivity index (χ0n) is 12.1. The van der Waals surface area contributed by atoms with Crippen molar-refractivity contribution in [1.82, 2.24) is 5.32 Å². The lowest BCUT2D eigenvalue weighted by molar-refractivity contribution is 0.143. The topological polar surface area (TPSA) is 21.3 Å². The molecule has 2 rings (SSSR count). The monoisotopic (exact) mass is 253 g/mol. The molecule has 0 saturated heterocycles. The third kappa shape index (κ3) is 4.55. The van der Waals surface area contributed by atoms with E-state index in [9.17, 15) is 0 Å². The van der Waals surface area contributed by atoms with Gasteiger partial charge in [0, 0.05) is 19.8 Å². The van der Waals surface area contributed by atoms with Gasteiger partial charge in [-0.3, -0.25) is 0 Å². The van der Waals surface area contributed by atoms with Crippen molar-refractivity contribution < 1.29 is 4.74 Å². The summed E-state index contributed by atoms with van der Waals surface area (Å²) in [4.78, 5) is 0. The van der Waals surface area contributed by atoms with Crippen LogP contribution in [0.4, 0.5) is 0 Å². The molecule has 2 nitrogen and oxygen atoms in total. The van der Waals surface area contributed by atoms with E-state index in [1.54, 1.807) is 7.11 Å². The van der Waals surface area contributed by atoms with Crippen LogP contribution >= 0.6 is 0 Å². The molecule has 0 aromatic carbocycles. The number of ether oxygens (including phenoxy) is 1. The van der Waals surface area contributed by atoms with Crippen LogP contribution in [0.2, 0.25) is 0 Å². The van der Waals surface area contributed by atoms with Crippen LogP contribution in [0.5, 0.6) is 0 Å². The number of unbranched alkanes of at least 4 members (excludes halogenated alkanes) is 2. The first-order chi connectivity index (χ1) is 8.90. The number of nitrogens with one attached hydrogen (secondary N) is 1. The van der Waals surface area contributed by atoms with Gasteiger partial charge in [-0.2, -0.15) is 0 Å². The molecule has 2 heteroatoms. The predicted octanol–water partition coefficient (Wildman–Crippen LogP) is 3.75. The van der Waals surface area contributed by atoms with E-state index in [2.05, 4.69) is 5.32 Å².